The number of amides is 4. The van der Waals surface area contributed by atoms with Crippen molar-refractivity contribution < 1.29 is 19.1 Å². The summed E-state index contributed by atoms with van der Waals surface area (Å²) in [5.41, 5.74) is 1.01. The first-order valence-electron chi connectivity index (χ1n) is 10.8. The van der Waals surface area contributed by atoms with Crippen LogP contribution in [0.4, 0.5) is 4.79 Å². The molecule has 2 aliphatic rings. The first-order chi connectivity index (χ1) is 15.5. The Morgan fingerprint density at radius 3 is 2.41 bits per heavy atom. The lowest BCUT2D eigenvalue weighted by molar-refractivity contribution is -0.143. The Bertz CT molecular complexity index is 969. The fourth-order valence-corrected chi connectivity index (χ4v) is 4.21. The Hall–Kier alpha value is -3.55. The number of piperazine rings is 1. The normalized spacial score (nSPS) is 19.8. The number of rotatable bonds is 5. The maximum Gasteiger partial charge on any atom is 0.317 e. The summed E-state index contributed by atoms with van der Waals surface area (Å²) in [5.74, 6) is 0.367. The maximum atomic E-state index is 12.9. The smallest absolute Gasteiger partial charge is 0.317 e. The Kier molecular flexibility index (Phi) is 6.30. The number of carbonyl (C=O) groups is 3. The summed E-state index contributed by atoms with van der Waals surface area (Å²) < 4.78 is 5.15. The molecular weight excluding hydrogens is 408 g/mol. The summed E-state index contributed by atoms with van der Waals surface area (Å²) in [7, 11) is 1.60. The SMILES string of the molecule is COc1ccc(CC2NC(=O)C3(CCN(C(=O)NCc4ccccc4)CC3)NC2=O)cc1. The van der Waals surface area contributed by atoms with Crippen LogP contribution < -0.4 is 20.7 Å². The van der Waals surface area contributed by atoms with E-state index < -0.39 is 11.6 Å². The van der Waals surface area contributed by atoms with Crippen LogP contribution >= 0.6 is 0 Å². The molecule has 0 radical (unpaired) electrons. The van der Waals surface area contributed by atoms with Gasteiger partial charge in [0.15, 0.2) is 0 Å². The summed E-state index contributed by atoms with van der Waals surface area (Å²) >= 11 is 0. The zero-order chi connectivity index (χ0) is 22.6. The number of nitrogens with one attached hydrogen (secondary N) is 3. The molecule has 8 heteroatoms. The third kappa shape index (κ3) is 4.69. The molecule has 1 atom stereocenters. The average Bonchev–Trinajstić information content (AvgIpc) is 2.82. The summed E-state index contributed by atoms with van der Waals surface area (Å²) in [6.07, 6.45) is 1.18. The molecule has 2 heterocycles. The molecule has 8 nitrogen and oxygen atoms in total. The molecular formula is C24H28N4O4. The van der Waals surface area contributed by atoms with E-state index in [9.17, 15) is 14.4 Å². The molecule has 2 aromatic rings. The molecule has 2 fully saturated rings. The first-order valence-corrected chi connectivity index (χ1v) is 10.8. The summed E-state index contributed by atoms with van der Waals surface area (Å²) in [6.45, 7) is 1.25. The fourth-order valence-electron chi connectivity index (χ4n) is 4.21. The van der Waals surface area contributed by atoms with E-state index in [2.05, 4.69) is 16.0 Å². The minimum atomic E-state index is -0.955. The van der Waals surface area contributed by atoms with Crippen LogP contribution in [0.1, 0.15) is 24.0 Å². The van der Waals surface area contributed by atoms with E-state index in [4.69, 9.17) is 4.74 Å². The summed E-state index contributed by atoms with van der Waals surface area (Å²) in [4.78, 5) is 39.9. The third-order valence-corrected chi connectivity index (χ3v) is 6.21. The van der Waals surface area contributed by atoms with Crippen LogP contribution in [0, 0.1) is 0 Å². The van der Waals surface area contributed by atoms with E-state index in [1.165, 1.54) is 0 Å². The van der Waals surface area contributed by atoms with Crippen LogP contribution in [0.15, 0.2) is 54.6 Å². The number of hydrogen-bond acceptors (Lipinski definition) is 4. The molecule has 4 amide bonds. The number of piperidine rings is 1. The minimum absolute atomic E-state index is 0.163. The van der Waals surface area contributed by atoms with Gasteiger partial charge in [-0.2, -0.15) is 0 Å². The van der Waals surface area contributed by atoms with Gasteiger partial charge < -0.3 is 25.6 Å². The minimum Gasteiger partial charge on any atom is -0.497 e. The van der Waals surface area contributed by atoms with Gasteiger partial charge in [0.2, 0.25) is 11.8 Å². The average molecular weight is 437 g/mol. The molecule has 2 aromatic carbocycles. The van der Waals surface area contributed by atoms with Gasteiger partial charge in [-0.05, 0) is 36.1 Å². The molecule has 2 aliphatic heterocycles. The highest BCUT2D eigenvalue weighted by Gasteiger charge is 2.48. The van der Waals surface area contributed by atoms with Crippen molar-refractivity contribution in [3.05, 3.63) is 65.7 Å². The Morgan fingerprint density at radius 2 is 1.75 bits per heavy atom. The molecule has 0 aromatic heterocycles. The van der Waals surface area contributed by atoms with Crippen molar-refractivity contribution in [3.8, 4) is 5.75 Å². The van der Waals surface area contributed by atoms with Crippen molar-refractivity contribution >= 4 is 17.8 Å². The van der Waals surface area contributed by atoms with Gasteiger partial charge in [0.1, 0.15) is 17.3 Å². The van der Waals surface area contributed by atoms with Gasteiger partial charge in [0, 0.05) is 26.1 Å². The van der Waals surface area contributed by atoms with Crippen LogP contribution in [-0.2, 0) is 22.6 Å². The van der Waals surface area contributed by atoms with Crippen molar-refractivity contribution in [2.24, 2.45) is 0 Å². The number of methoxy groups -OCH3 is 1. The lowest BCUT2D eigenvalue weighted by Gasteiger charge is -2.44. The standard InChI is InChI=1S/C24H28N4O4/c1-32-19-9-7-17(8-10-19)15-20-21(29)27-24(22(30)26-20)11-13-28(14-12-24)23(31)25-16-18-5-3-2-4-6-18/h2-10,20H,11-16H2,1H3,(H,25,31)(H,26,30)(H,27,29). The number of benzene rings is 2. The Labute approximate surface area is 187 Å². The van der Waals surface area contributed by atoms with E-state index in [1.807, 2.05) is 54.6 Å². The Morgan fingerprint density at radius 1 is 1.06 bits per heavy atom. The lowest BCUT2D eigenvalue weighted by Crippen LogP contribution is -2.72. The predicted molar refractivity (Wildman–Crippen MR) is 119 cm³/mol. The highest BCUT2D eigenvalue weighted by atomic mass is 16.5. The van der Waals surface area contributed by atoms with Crippen molar-refractivity contribution in [1.29, 1.82) is 0 Å². The first kappa shape index (κ1) is 21.7. The second-order valence-corrected chi connectivity index (χ2v) is 8.28. The van der Waals surface area contributed by atoms with E-state index in [-0.39, 0.29) is 17.8 Å². The monoisotopic (exact) mass is 436 g/mol. The number of ether oxygens (including phenoxy) is 1. The molecule has 32 heavy (non-hydrogen) atoms. The molecule has 3 N–H and O–H groups in total. The molecule has 2 saturated heterocycles. The quantitative estimate of drug-likeness (QED) is 0.663. The molecule has 1 unspecified atom stereocenters. The van der Waals surface area contributed by atoms with Crippen molar-refractivity contribution in [2.45, 2.75) is 37.4 Å². The van der Waals surface area contributed by atoms with Crippen molar-refractivity contribution in [2.75, 3.05) is 20.2 Å². The highest BCUT2D eigenvalue weighted by molar-refractivity contribution is 6.00. The maximum absolute atomic E-state index is 12.9. The van der Waals surface area contributed by atoms with Crippen LogP contribution in [0.2, 0.25) is 0 Å². The molecule has 0 saturated carbocycles. The van der Waals surface area contributed by atoms with Crippen LogP contribution in [0.5, 0.6) is 5.75 Å². The summed E-state index contributed by atoms with van der Waals surface area (Å²) in [5, 5.41) is 8.76. The second kappa shape index (κ2) is 9.30. The van der Waals surface area contributed by atoms with Crippen LogP contribution in [0.25, 0.3) is 0 Å². The molecule has 4 rings (SSSR count). The number of urea groups is 1. The van der Waals surface area contributed by atoms with E-state index in [1.54, 1.807) is 12.0 Å². The van der Waals surface area contributed by atoms with E-state index in [0.29, 0.717) is 38.9 Å². The zero-order valence-corrected chi connectivity index (χ0v) is 18.1. The van der Waals surface area contributed by atoms with Gasteiger partial charge in [-0.15, -0.1) is 0 Å². The topological polar surface area (TPSA) is 99.8 Å². The third-order valence-electron chi connectivity index (χ3n) is 6.21. The second-order valence-electron chi connectivity index (χ2n) is 8.28. The van der Waals surface area contributed by atoms with Crippen LogP contribution in [0.3, 0.4) is 0 Å². The van der Waals surface area contributed by atoms with Gasteiger partial charge >= 0.3 is 6.03 Å². The number of nitrogens with zero attached hydrogens (tertiary/aromatic N) is 1. The Balaban J connectivity index is 1.30. The predicted octanol–water partition coefficient (Wildman–Crippen LogP) is 1.60. The fraction of sp³-hybridized carbons (Fsp3) is 0.375. The zero-order valence-electron chi connectivity index (χ0n) is 18.1. The van der Waals surface area contributed by atoms with Gasteiger partial charge in [-0.1, -0.05) is 42.5 Å². The van der Waals surface area contributed by atoms with E-state index >= 15 is 0 Å². The van der Waals surface area contributed by atoms with Crippen molar-refractivity contribution in [1.82, 2.24) is 20.9 Å². The van der Waals surface area contributed by atoms with Gasteiger partial charge in [0.05, 0.1) is 7.11 Å². The van der Waals surface area contributed by atoms with Gasteiger partial charge in [-0.25, -0.2) is 4.79 Å². The highest BCUT2D eigenvalue weighted by Crippen LogP contribution is 2.26. The number of likely N-dealkylation sites (tertiary alicyclic amines) is 1. The number of hydrogen-bond donors (Lipinski definition) is 3. The summed E-state index contributed by atoms with van der Waals surface area (Å²) in [6, 6.07) is 16.3. The molecule has 1 spiro atoms. The lowest BCUT2D eigenvalue weighted by atomic mass is 9.83. The van der Waals surface area contributed by atoms with Crippen LogP contribution in [-0.4, -0.2) is 54.5 Å². The van der Waals surface area contributed by atoms with Gasteiger partial charge in [0.25, 0.3) is 0 Å². The molecule has 168 valence electrons. The largest absolute Gasteiger partial charge is 0.497 e. The number of carbonyl (C=O) groups excluding carboxylic acids is 3. The van der Waals surface area contributed by atoms with Crippen molar-refractivity contribution in [3.63, 3.8) is 0 Å². The molecule has 0 bridgehead atoms. The molecule has 0 aliphatic carbocycles. The van der Waals surface area contributed by atoms with E-state index in [0.717, 1.165) is 16.9 Å². The van der Waals surface area contributed by atoms with Gasteiger partial charge in [-0.3, -0.25) is 9.59 Å².